The number of carbonyl (C=O) groups is 2. The smallest absolute Gasteiger partial charge is 0.332 e. The maximum atomic E-state index is 11.4. The highest BCUT2D eigenvalue weighted by molar-refractivity contribution is 5.73. The molecule has 0 radical (unpaired) electrons. The Morgan fingerprint density at radius 3 is 2.11 bits per heavy atom. The lowest BCUT2D eigenvalue weighted by molar-refractivity contribution is -0.160. The second-order valence-corrected chi connectivity index (χ2v) is 5.15. The van der Waals surface area contributed by atoms with Crippen molar-refractivity contribution in [2.75, 3.05) is 19.8 Å². The van der Waals surface area contributed by atoms with Gasteiger partial charge in [-0.3, -0.25) is 0 Å². The highest BCUT2D eigenvalue weighted by Gasteiger charge is 2.15. The first-order valence-electron chi connectivity index (χ1n) is 6.79. The minimum Gasteiger partial charge on any atom is -0.464 e. The summed E-state index contributed by atoms with van der Waals surface area (Å²) in [6.45, 7) is 9.71. The van der Waals surface area contributed by atoms with Crippen LogP contribution in [0.5, 0.6) is 0 Å². The van der Waals surface area contributed by atoms with Crippen LogP contribution in [0.3, 0.4) is 0 Å². The molecule has 0 fully saturated rings. The Hall–Kier alpha value is -1.10. The molecule has 0 rings (SSSR count). The molecule has 112 valence electrons. The van der Waals surface area contributed by atoms with Crippen LogP contribution in [-0.4, -0.2) is 37.9 Å². The fourth-order valence-corrected chi connectivity index (χ4v) is 1.21. The van der Waals surface area contributed by atoms with E-state index < -0.39 is 11.9 Å². The van der Waals surface area contributed by atoms with Crippen LogP contribution in [0, 0.1) is 11.8 Å². The maximum Gasteiger partial charge on any atom is 0.332 e. The summed E-state index contributed by atoms with van der Waals surface area (Å²) in [4.78, 5) is 22.6. The van der Waals surface area contributed by atoms with E-state index in [1.807, 2.05) is 34.6 Å². The van der Waals surface area contributed by atoms with Gasteiger partial charge in [-0.05, 0) is 18.8 Å². The van der Waals surface area contributed by atoms with E-state index in [0.29, 0.717) is 12.5 Å². The van der Waals surface area contributed by atoms with Gasteiger partial charge in [0.25, 0.3) is 0 Å². The molecule has 2 atom stereocenters. The standard InChI is InChI=1S/C14H26O5/c1-6-11(4)12(5)19-14(16)9-17-8-13(15)18-7-10(2)3/h10-12H,6-9H2,1-5H3. The molecule has 0 amide bonds. The van der Waals surface area contributed by atoms with Gasteiger partial charge in [0.15, 0.2) is 0 Å². The zero-order valence-corrected chi connectivity index (χ0v) is 12.6. The Bertz CT molecular complexity index is 275. The van der Waals surface area contributed by atoms with Crippen molar-refractivity contribution in [1.82, 2.24) is 0 Å². The number of hydrogen-bond acceptors (Lipinski definition) is 5. The third-order valence-electron chi connectivity index (χ3n) is 2.78. The molecule has 5 heteroatoms. The largest absolute Gasteiger partial charge is 0.464 e. The van der Waals surface area contributed by atoms with Crippen molar-refractivity contribution in [3.63, 3.8) is 0 Å². The summed E-state index contributed by atoms with van der Waals surface area (Å²) in [6, 6.07) is 0. The first-order chi connectivity index (χ1) is 8.86. The van der Waals surface area contributed by atoms with Crippen molar-refractivity contribution in [3.8, 4) is 0 Å². The Labute approximate surface area is 115 Å². The molecule has 0 aromatic heterocycles. The molecule has 5 nitrogen and oxygen atoms in total. The quantitative estimate of drug-likeness (QED) is 0.603. The molecule has 0 aromatic carbocycles. The minimum atomic E-state index is -0.462. The summed E-state index contributed by atoms with van der Waals surface area (Å²) in [5.41, 5.74) is 0. The first kappa shape index (κ1) is 17.9. The first-order valence-corrected chi connectivity index (χ1v) is 6.79. The van der Waals surface area contributed by atoms with Gasteiger partial charge in [-0.15, -0.1) is 0 Å². The zero-order chi connectivity index (χ0) is 14.8. The Morgan fingerprint density at radius 2 is 1.58 bits per heavy atom. The molecule has 0 spiro atoms. The van der Waals surface area contributed by atoms with Crippen molar-refractivity contribution >= 4 is 11.9 Å². The van der Waals surface area contributed by atoms with Crippen LogP contribution < -0.4 is 0 Å². The van der Waals surface area contributed by atoms with E-state index >= 15 is 0 Å². The normalized spacial score (nSPS) is 14.0. The third-order valence-corrected chi connectivity index (χ3v) is 2.78. The Balaban J connectivity index is 3.71. The molecule has 19 heavy (non-hydrogen) atoms. The molecule has 0 saturated carbocycles. The molecule has 0 aliphatic carbocycles. The molecule has 0 saturated heterocycles. The van der Waals surface area contributed by atoms with Gasteiger partial charge in [-0.2, -0.15) is 0 Å². The van der Waals surface area contributed by atoms with Gasteiger partial charge in [-0.25, -0.2) is 9.59 Å². The topological polar surface area (TPSA) is 61.8 Å². The summed E-state index contributed by atoms with van der Waals surface area (Å²) in [7, 11) is 0. The number of ether oxygens (including phenoxy) is 3. The van der Waals surface area contributed by atoms with Gasteiger partial charge in [-0.1, -0.05) is 34.1 Å². The average molecular weight is 274 g/mol. The highest BCUT2D eigenvalue weighted by Crippen LogP contribution is 2.10. The van der Waals surface area contributed by atoms with Crippen LogP contribution in [0.4, 0.5) is 0 Å². The lowest BCUT2D eigenvalue weighted by Crippen LogP contribution is -2.25. The molecule has 0 bridgehead atoms. The molecule has 0 aliphatic rings. The maximum absolute atomic E-state index is 11.4. The van der Waals surface area contributed by atoms with Gasteiger partial charge < -0.3 is 14.2 Å². The summed E-state index contributed by atoms with van der Waals surface area (Å²) in [6.07, 6.45) is 0.797. The molecule has 2 unspecified atom stereocenters. The monoisotopic (exact) mass is 274 g/mol. The second-order valence-electron chi connectivity index (χ2n) is 5.15. The summed E-state index contributed by atoms with van der Waals surface area (Å²) in [5, 5.41) is 0. The minimum absolute atomic E-state index is 0.144. The van der Waals surface area contributed by atoms with E-state index in [1.54, 1.807) is 0 Å². The SMILES string of the molecule is CCC(C)C(C)OC(=O)COCC(=O)OCC(C)C. The van der Waals surface area contributed by atoms with Crippen LogP contribution in [0.25, 0.3) is 0 Å². The molecular formula is C14H26O5. The van der Waals surface area contributed by atoms with Crippen molar-refractivity contribution in [2.24, 2.45) is 11.8 Å². The van der Waals surface area contributed by atoms with E-state index in [-0.39, 0.29) is 25.2 Å². The fraction of sp³-hybridized carbons (Fsp3) is 0.857. The van der Waals surface area contributed by atoms with E-state index in [4.69, 9.17) is 14.2 Å². The molecule has 0 heterocycles. The van der Waals surface area contributed by atoms with Gasteiger partial charge >= 0.3 is 11.9 Å². The zero-order valence-electron chi connectivity index (χ0n) is 12.6. The number of hydrogen-bond donors (Lipinski definition) is 0. The third kappa shape index (κ3) is 9.47. The van der Waals surface area contributed by atoms with Crippen molar-refractivity contribution in [1.29, 1.82) is 0 Å². The van der Waals surface area contributed by atoms with E-state index in [0.717, 1.165) is 6.42 Å². The lowest BCUT2D eigenvalue weighted by atomic mass is 10.0. The molecule has 0 aliphatic heterocycles. The molecular weight excluding hydrogens is 248 g/mol. The van der Waals surface area contributed by atoms with Gasteiger partial charge in [0, 0.05) is 0 Å². The fourth-order valence-electron chi connectivity index (χ4n) is 1.21. The predicted octanol–water partition coefficient (Wildman–Crippen LogP) is 2.18. The van der Waals surface area contributed by atoms with E-state index in [1.165, 1.54) is 0 Å². The van der Waals surface area contributed by atoms with Gasteiger partial charge in [0.05, 0.1) is 6.61 Å². The molecule has 0 aromatic rings. The predicted molar refractivity (Wildman–Crippen MR) is 71.6 cm³/mol. The van der Waals surface area contributed by atoms with Crippen LogP contribution in [-0.2, 0) is 23.8 Å². The summed E-state index contributed by atoms with van der Waals surface area (Å²) >= 11 is 0. The van der Waals surface area contributed by atoms with E-state index in [2.05, 4.69) is 0 Å². The van der Waals surface area contributed by atoms with E-state index in [9.17, 15) is 9.59 Å². The van der Waals surface area contributed by atoms with Gasteiger partial charge in [0.2, 0.25) is 0 Å². The number of esters is 2. The highest BCUT2D eigenvalue weighted by atomic mass is 16.6. The lowest BCUT2D eigenvalue weighted by Gasteiger charge is -2.18. The Kier molecular flexibility index (Phi) is 9.21. The Morgan fingerprint density at radius 1 is 1.00 bits per heavy atom. The average Bonchev–Trinajstić information content (AvgIpc) is 2.35. The van der Waals surface area contributed by atoms with Crippen molar-refractivity contribution < 1.29 is 23.8 Å². The summed E-state index contributed by atoms with van der Waals surface area (Å²) in [5.74, 6) is -0.328. The van der Waals surface area contributed by atoms with Crippen LogP contribution in [0.1, 0.15) is 41.0 Å². The molecule has 0 N–H and O–H groups in total. The second kappa shape index (κ2) is 9.78. The summed E-state index contributed by atoms with van der Waals surface area (Å²) < 4.78 is 15.0. The number of rotatable bonds is 9. The van der Waals surface area contributed by atoms with Crippen LogP contribution >= 0.6 is 0 Å². The van der Waals surface area contributed by atoms with Crippen molar-refractivity contribution in [3.05, 3.63) is 0 Å². The van der Waals surface area contributed by atoms with Crippen LogP contribution in [0.2, 0.25) is 0 Å². The number of carbonyl (C=O) groups excluding carboxylic acids is 2. The van der Waals surface area contributed by atoms with Crippen LogP contribution in [0.15, 0.2) is 0 Å². The van der Waals surface area contributed by atoms with Crippen molar-refractivity contribution in [2.45, 2.75) is 47.1 Å². The van der Waals surface area contributed by atoms with Gasteiger partial charge in [0.1, 0.15) is 19.3 Å².